The maximum atomic E-state index is 11.9. The lowest BCUT2D eigenvalue weighted by atomic mass is 9.45. The van der Waals surface area contributed by atoms with Crippen molar-refractivity contribution in [1.82, 2.24) is 24.4 Å². The van der Waals surface area contributed by atoms with E-state index in [1.165, 1.54) is 45.5 Å². The number of aliphatic hydroxyl groups excluding tert-OH is 1. The van der Waals surface area contributed by atoms with E-state index in [2.05, 4.69) is 29.1 Å². The quantitative estimate of drug-likeness (QED) is 0.628. The fourth-order valence-corrected chi connectivity index (χ4v) is 8.07. The van der Waals surface area contributed by atoms with E-state index in [1.807, 2.05) is 0 Å². The minimum atomic E-state index is -0.741. The highest BCUT2D eigenvalue weighted by Crippen LogP contribution is 2.65. The first-order valence-corrected chi connectivity index (χ1v) is 12.8. The average Bonchev–Trinajstić information content (AvgIpc) is 3.39. The van der Waals surface area contributed by atoms with Crippen LogP contribution in [0.15, 0.2) is 11.1 Å². The van der Waals surface area contributed by atoms with Crippen LogP contribution in [0.5, 0.6) is 0 Å². The molecule has 2 aromatic heterocycles. The van der Waals surface area contributed by atoms with Crippen LogP contribution in [0.1, 0.15) is 82.1 Å². The number of aryl methyl sites for hydroxylation is 1. The molecule has 6 rings (SSSR count). The summed E-state index contributed by atoms with van der Waals surface area (Å²) >= 11 is 0. The maximum Gasteiger partial charge on any atom is 0.352 e. The number of nitrogens with zero attached hydrogens (tertiary/aromatic N) is 5. The second kappa shape index (κ2) is 8.50. The first-order chi connectivity index (χ1) is 16.6. The molecule has 0 aromatic carbocycles. The highest BCUT2D eigenvalue weighted by Gasteiger charge is 2.59. The van der Waals surface area contributed by atoms with Gasteiger partial charge in [-0.1, -0.05) is 19.1 Å². The number of fused-ring (bicyclic) bond motifs is 6. The number of rotatable bonds is 1. The first kappa shape index (κ1) is 24.1. The number of aliphatic hydroxyl groups is 1. The van der Waals surface area contributed by atoms with Crippen molar-refractivity contribution in [2.75, 3.05) is 0 Å². The highest BCUT2D eigenvalue weighted by molar-refractivity contribution is 5.96. The van der Waals surface area contributed by atoms with E-state index in [4.69, 9.17) is 5.73 Å². The average molecular weight is 485 g/mol. The minimum absolute atomic E-state index is 0.0600. The van der Waals surface area contributed by atoms with Crippen LogP contribution in [0.2, 0.25) is 0 Å². The van der Waals surface area contributed by atoms with Gasteiger partial charge in [-0.05, 0) is 79.4 Å². The molecule has 0 spiro atoms. The molecule has 2 heterocycles. The molecule has 2 aromatic rings. The van der Waals surface area contributed by atoms with Gasteiger partial charge in [0.15, 0.2) is 11.3 Å². The van der Waals surface area contributed by atoms with Crippen molar-refractivity contribution in [1.29, 1.82) is 0 Å². The predicted octanol–water partition coefficient (Wildman–Crippen LogP) is 1.88. The zero-order valence-corrected chi connectivity index (χ0v) is 20.8. The van der Waals surface area contributed by atoms with Crippen LogP contribution < -0.4 is 11.4 Å². The van der Waals surface area contributed by atoms with Crippen molar-refractivity contribution in [3.8, 4) is 0 Å². The Morgan fingerprint density at radius 2 is 1.83 bits per heavy atom. The van der Waals surface area contributed by atoms with Gasteiger partial charge in [0, 0.05) is 19.9 Å². The van der Waals surface area contributed by atoms with Crippen molar-refractivity contribution in [3.05, 3.63) is 22.5 Å². The van der Waals surface area contributed by atoms with Gasteiger partial charge in [0.2, 0.25) is 0 Å². The maximum absolute atomic E-state index is 11.9. The van der Waals surface area contributed by atoms with Gasteiger partial charge in [0.1, 0.15) is 12.1 Å². The number of hydrogen-bond acceptors (Lipinski definition) is 7. The Bertz CT molecular complexity index is 1220. The van der Waals surface area contributed by atoms with Gasteiger partial charge < -0.3 is 10.8 Å². The minimum Gasteiger partial charge on any atom is -0.393 e. The Morgan fingerprint density at radius 1 is 1.09 bits per heavy atom. The zero-order chi connectivity index (χ0) is 25.1. The van der Waals surface area contributed by atoms with E-state index in [-0.39, 0.29) is 22.9 Å². The Morgan fingerprint density at radius 3 is 2.57 bits per heavy atom. The summed E-state index contributed by atoms with van der Waals surface area (Å²) in [6, 6.07) is 0. The Labute approximate surface area is 204 Å². The summed E-state index contributed by atoms with van der Waals surface area (Å²) in [5.41, 5.74) is 5.19. The molecule has 7 atom stereocenters. The molecular formula is C25H36N6O4. The van der Waals surface area contributed by atoms with Gasteiger partial charge in [0.25, 0.3) is 5.91 Å². The van der Waals surface area contributed by atoms with Crippen LogP contribution in [0, 0.1) is 34.5 Å². The molecule has 0 unspecified atom stereocenters. The van der Waals surface area contributed by atoms with Crippen molar-refractivity contribution < 1.29 is 14.7 Å². The van der Waals surface area contributed by atoms with E-state index in [9.17, 15) is 19.5 Å². The number of Topliss-reactive ketones (excluding diaryl/α,β-unsaturated/α-hetero) is 1. The van der Waals surface area contributed by atoms with E-state index < -0.39 is 11.6 Å². The summed E-state index contributed by atoms with van der Waals surface area (Å²) in [7, 11) is 1.44. The molecule has 35 heavy (non-hydrogen) atoms. The Kier molecular flexibility index (Phi) is 5.85. The topological polar surface area (TPSA) is 145 Å². The molecule has 0 bridgehead atoms. The Hall–Kier alpha value is -2.62. The fraction of sp³-hybridized carbons (Fsp3) is 0.760. The highest BCUT2D eigenvalue weighted by atomic mass is 16.3. The largest absolute Gasteiger partial charge is 0.393 e. The molecule has 0 radical (unpaired) electrons. The number of amides is 1. The van der Waals surface area contributed by atoms with Gasteiger partial charge >= 0.3 is 5.69 Å². The molecule has 190 valence electrons. The summed E-state index contributed by atoms with van der Waals surface area (Å²) in [4.78, 5) is 37.8. The van der Waals surface area contributed by atoms with Crippen molar-refractivity contribution in [3.63, 3.8) is 0 Å². The monoisotopic (exact) mass is 484 g/mol. The summed E-state index contributed by atoms with van der Waals surface area (Å²) in [6.07, 6.45) is 11.2. The van der Waals surface area contributed by atoms with E-state index in [1.54, 1.807) is 0 Å². The standard InChI is InChI=1S/C19H30O2.C6H6N6O2/c1-18-9-7-13(20)11-12(18)3-4-14-15-5-6-17(21)19(15,2)10-8-16(14)18;1-11-6(14)12-2-8-3(4(7)13)5(12)9-10-11/h12,14-17,21H,3-11H2,1-2H3;2H,1H3,(H2,7,13)/t12-,14-,15-,16-,17-,18-,19-;/m0./s1. The molecule has 0 saturated heterocycles. The molecule has 4 saturated carbocycles. The summed E-state index contributed by atoms with van der Waals surface area (Å²) in [5, 5.41) is 17.6. The van der Waals surface area contributed by atoms with Crippen LogP contribution in [0.25, 0.3) is 5.65 Å². The van der Waals surface area contributed by atoms with Crippen molar-refractivity contribution >= 4 is 17.3 Å². The third-order valence-electron chi connectivity index (χ3n) is 10.2. The van der Waals surface area contributed by atoms with Gasteiger partial charge in [-0.15, -0.1) is 5.10 Å². The number of carbonyl (C=O) groups is 2. The van der Waals surface area contributed by atoms with Crippen LogP contribution in [-0.4, -0.2) is 47.3 Å². The van der Waals surface area contributed by atoms with Gasteiger partial charge in [0.05, 0.1) is 6.10 Å². The number of imidazole rings is 1. The lowest BCUT2D eigenvalue weighted by molar-refractivity contribution is -0.141. The van der Waals surface area contributed by atoms with E-state index in [0.29, 0.717) is 17.1 Å². The van der Waals surface area contributed by atoms with Crippen LogP contribution in [-0.2, 0) is 11.8 Å². The molecule has 3 N–H and O–H groups in total. The lowest BCUT2D eigenvalue weighted by Crippen LogP contribution is -2.54. The summed E-state index contributed by atoms with van der Waals surface area (Å²) in [5.74, 6) is 2.78. The summed E-state index contributed by atoms with van der Waals surface area (Å²) in [6.45, 7) is 4.85. The second-order valence-electron chi connectivity index (χ2n) is 11.7. The van der Waals surface area contributed by atoms with E-state index in [0.717, 1.165) is 52.5 Å². The molecule has 10 nitrogen and oxygen atoms in total. The number of carbonyl (C=O) groups excluding carboxylic acids is 2. The number of aromatic nitrogens is 5. The molecule has 0 aliphatic heterocycles. The smallest absolute Gasteiger partial charge is 0.352 e. The van der Waals surface area contributed by atoms with Crippen molar-refractivity contribution in [2.24, 2.45) is 47.3 Å². The summed E-state index contributed by atoms with van der Waals surface area (Å²) < 4.78 is 2.13. The van der Waals surface area contributed by atoms with Crippen LogP contribution in [0.3, 0.4) is 0 Å². The predicted molar refractivity (Wildman–Crippen MR) is 127 cm³/mol. The third kappa shape index (κ3) is 3.72. The van der Waals surface area contributed by atoms with Gasteiger partial charge in [-0.2, -0.15) is 4.68 Å². The molecule has 4 aliphatic carbocycles. The number of ketones is 1. The van der Waals surface area contributed by atoms with Crippen LogP contribution in [0.4, 0.5) is 0 Å². The van der Waals surface area contributed by atoms with Gasteiger partial charge in [-0.3, -0.25) is 9.59 Å². The third-order valence-corrected chi connectivity index (χ3v) is 10.2. The lowest BCUT2D eigenvalue weighted by Gasteiger charge is -2.60. The first-order valence-electron chi connectivity index (χ1n) is 12.8. The fourth-order valence-electron chi connectivity index (χ4n) is 8.07. The van der Waals surface area contributed by atoms with Crippen molar-refractivity contribution in [2.45, 2.75) is 77.7 Å². The van der Waals surface area contributed by atoms with Crippen LogP contribution >= 0.6 is 0 Å². The van der Waals surface area contributed by atoms with E-state index >= 15 is 0 Å². The molecule has 4 aliphatic rings. The number of hydrogen-bond donors (Lipinski definition) is 2. The zero-order valence-electron chi connectivity index (χ0n) is 20.8. The second-order valence-corrected chi connectivity index (χ2v) is 11.7. The molecule has 1 amide bonds. The number of primary amides is 1. The molecular weight excluding hydrogens is 448 g/mol. The molecule has 4 fully saturated rings. The normalized spacial score (nSPS) is 38.2. The number of nitrogens with two attached hydrogens (primary N) is 1. The Balaban J connectivity index is 0.000000158. The molecule has 10 heteroatoms. The SMILES string of the molecule is C[C@]12CCC(=O)C[C@@H]1CC[C@@H]1[C@@H]2CC[C@]2(C)[C@@H](O)CC[C@@H]12.Cn1nnc2c(C(N)=O)ncn2c1=O. The van der Waals surface area contributed by atoms with Gasteiger partial charge in [-0.25, -0.2) is 14.2 Å².